The number of nitrogens with two attached hydrogens (primary N) is 2. The van der Waals surface area contributed by atoms with Crippen LogP contribution in [0, 0.1) is 0 Å². The van der Waals surface area contributed by atoms with Crippen molar-refractivity contribution in [2.45, 2.75) is 119 Å². The van der Waals surface area contributed by atoms with Gasteiger partial charge in [0.05, 0.1) is 31.1 Å². The number of hydrogen-bond acceptors (Lipinski definition) is 17. The molecule has 4 aromatic rings. The molecule has 11 amide bonds. The molecule has 0 saturated carbocycles. The van der Waals surface area contributed by atoms with Crippen LogP contribution in [0.4, 0.5) is 0 Å². The van der Waals surface area contributed by atoms with E-state index in [1.807, 2.05) is 18.2 Å². The number of benzene rings is 3. The number of primary amides is 1. The lowest BCUT2D eigenvalue weighted by Gasteiger charge is -2.33. The number of aromatic nitrogens is 1. The second-order valence-corrected chi connectivity index (χ2v) is 22.1. The number of amides is 11. The summed E-state index contributed by atoms with van der Waals surface area (Å²) in [5.41, 5.74) is 13.4. The second-order valence-electron chi connectivity index (χ2n) is 20.7. The number of unbranched alkanes of at least 4 members (excludes halogenated alkanes) is 1. The van der Waals surface area contributed by atoms with Gasteiger partial charge >= 0.3 is 0 Å². The summed E-state index contributed by atoms with van der Waals surface area (Å²) in [6.45, 7) is 1.46. The first-order valence-electron chi connectivity index (χ1n) is 27.8. The van der Waals surface area contributed by atoms with Crippen LogP contribution in [0.1, 0.15) is 56.2 Å². The molecule has 0 bridgehead atoms. The number of fused-ring (bicyclic) bond motifs is 1. The standard InChI is InChI=1S/C57H77N13O14S2/c1-31(71)48(55(82)62-27-45(74)61-28-46(75)63-43(29-85)50(59)77)68-47(76)30-86-22-20-44-54(81)66-40(23-34-16-18-36(73)19-17-34)52(79)65-41(25-35-26-60-38-14-8-7-13-37(35)38)53(80)64-39(15-9-10-21-58)51(78)69-49(32(2)72)56(83)67-42(57(84)70(44)3)24-33-11-5-4-6-12-33/h4-8,11-14,16-19,26,31-32,39-44,48-49,60,71-73,85H,9-10,15,20-25,27-30,58H2,1-3H3,(H2,59,77)(H,61,74)(H,62,82)(H,63,75)(H,64,80)(H,65,79)(H,66,81)(H,67,83)(H,68,76)(H,69,78)/t31-,32-,39+,40+,41-,42+,43+,44+,48+,49+/m1/s1. The third kappa shape index (κ3) is 21.1. The first-order chi connectivity index (χ1) is 41.0. The number of H-pyrrole nitrogens is 1. The summed E-state index contributed by atoms with van der Waals surface area (Å²) in [6.07, 6.45) is -1.29. The number of carbonyl (C=O) groups excluding carboxylic acids is 11. The number of aromatic hydroxyl groups is 1. The molecule has 1 aromatic heterocycles. The number of thiol groups is 1. The summed E-state index contributed by atoms with van der Waals surface area (Å²) in [4.78, 5) is 155. The van der Waals surface area contributed by atoms with Gasteiger partial charge in [-0.2, -0.15) is 24.4 Å². The molecule has 0 aliphatic carbocycles. The van der Waals surface area contributed by atoms with Crippen LogP contribution in [-0.4, -0.2) is 195 Å². The number of hydrogen-bond donors (Lipinski definition) is 16. The number of carbonyl (C=O) groups is 11. The predicted octanol–water partition coefficient (Wildman–Crippen LogP) is -3.20. The van der Waals surface area contributed by atoms with E-state index in [1.54, 1.807) is 42.6 Å². The molecular formula is C57H77N13O14S2. The minimum absolute atomic E-state index is 0.0215. The fourth-order valence-corrected chi connectivity index (χ4v) is 10.3. The SMILES string of the molecule is C[C@@H](O)[C@H](NC(=O)CSCC[C@H]1C(=O)N[C@@H](Cc2ccc(O)cc2)C(=O)N[C@H](Cc2c[nH]c3ccccc23)C(=O)N[C@@H](CCCCN)C(=O)N[C@@H]([C@@H](C)O)C(=O)N[C@@H](Cc2ccccc2)C(=O)N1C)C(=O)NCC(=O)NCC(=O)N[C@@H](CS)C(N)=O. The Kier molecular flexibility index (Phi) is 27.1. The van der Waals surface area contributed by atoms with Crippen molar-refractivity contribution in [3.05, 3.63) is 102 Å². The van der Waals surface area contributed by atoms with Crippen LogP contribution >= 0.6 is 24.4 Å². The fourth-order valence-electron chi connectivity index (χ4n) is 9.20. The van der Waals surface area contributed by atoms with Gasteiger partial charge in [-0.1, -0.05) is 60.7 Å². The zero-order valence-electron chi connectivity index (χ0n) is 47.8. The van der Waals surface area contributed by atoms with Gasteiger partial charge in [-0.05, 0) is 86.7 Å². The number of nitrogens with zero attached hydrogens (tertiary/aromatic N) is 1. The molecule has 1 saturated heterocycles. The average Bonchev–Trinajstić information content (AvgIpc) is 2.63. The van der Waals surface area contributed by atoms with Gasteiger partial charge in [0, 0.05) is 49.2 Å². The van der Waals surface area contributed by atoms with Crippen molar-refractivity contribution >= 4 is 100 Å². The molecule has 0 radical (unpaired) electrons. The van der Waals surface area contributed by atoms with E-state index in [9.17, 15) is 58.5 Å². The van der Waals surface area contributed by atoms with Crippen LogP contribution < -0.4 is 59.3 Å². The minimum Gasteiger partial charge on any atom is -0.508 e. The van der Waals surface area contributed by atoms with E-state index >= 15 is 9.59 Å². The Morgan fingerprint density at radius 3 is 1.92 bits per heavy atom. The zero-order valence-corrected chi connectivity index (χ0v) is 49.5. The van der Waals surface area contributed by atoms with Crippen molar-refractivity contribution in [1.82, 2.24) is 57.7 Å². The van der Waals surface area contributed by atoms with Gasteiger partial charge in [-0.3, -0.25) is 52.7 Å². The molecule has 29 heteroatoms. The van der Waals surface area contributed by atoms with E-state index in [2.05, 4.69) is 65.5 Å². The highest BCUT2D eigenvalue weighted by Crippen LogP contribution is 2.21. The Morgan fingerprint density at radius 2 is 1.27 bits per heavy atom. The first-order valence-corrected chi connectivity index (χ1v) is 29.6. The van der Waals surface area contributed by atoms with Crippen LogP contribution in [0.25, 0.3) is 10.9 Å². The van der Waals surface area contributed by atoms with E-state index < -0.39 is 139 Å². The van der Waals surface area contributed by atoms with Crippen LogP contribution in [-0.2, 0) is 72.0 Å². The lowest BCUT2D eigenvalue weighted by Crippen LogP contribution is -2.63. The summed E-state index contributed by atoms with van der Waals surface area (Å²) >= 11 is 4.89. The quantitative estimate of drug-likeness (QED) is 0.0217. The number of nitrogens with one attached hydrogen (secondary N) is 10. The Morgan fingerprint density at radius 1 is 0.674 bits per heavy atom. The largest absolute Gasteiger partial charge is 0.508 e. The van der Waals surface area contributed by atoms with Gasteiger partial charge in [0.15, 0.2) is 0 Å². The number of aliphatic hydroxyl groups excluding tert-OH is 2. The summed E-state index contributed by atoms with van der Waals surface area (Å²) in [7, 11) is 1.30. The van der Waals surface area contributed by atoms with Gasteiger partial charge in [0.1, 0.15) is 54.1 Å². The molecular weight excluding hydrogens is 1150 g/mol. The molecule has 0 unspecified atom stereocenters. The van der Waals surface area contributed by atoms with E-state index in [1.165, 1.54) is 45.2 Å². The first kappa shape index (κ1) is 68.5. The number of rotatable bonds is 26. The molecule has 10 atom stereocenters. The molecule has 3 aromatic carbocycles. The Balaban J connectivity index is 1.46. The predicted molar refractivity (Wildman–Crippen MR) is 321 cm³/mol. The molecule has 1 fully saturated rings. The van der Waals surface area contributed by atoms with Crippen molar-refractivity contribution < 1.29 is 68.1 Å². The van der Waals surface area contributed by atoms with Crippen molar-refractivity contribution in [2.75, 3.05) is 43.9 Å². The summed E-state index contributed by atoms with van der Waals surface area (Å²) in [5, 5.41) is 55.2. The number of phenolic OH excluding ortho intramolecular Hbond substituents is 1. The van der Waals surface area contributed by atoms with Gasteiger partial charge < -0.3 is 84.5 Å². The molecule has 17 N–H and O–H groups in total. The Labute approximate surface area is 506 Å². The molecule has 5 rings (SSSR count). The van der Waals surface area contributed by atoms with Crippen molar-refractivity contribution in [3.63, 3.8) is 0 Å². The van der Waals surface area contributed by atoms with E-state index in [4.69, 9.17) is 11.5 Å². The van der Waals surface area contributed by atoms with Crippen molar-refractivity contribution in [1.29, 1.82) is 0 Å². The van der Waals surface area contributed by atoms with Crippen molar-refractivity contribution in [3.8, 4) is 5.75 Å². The van der Waals surface area contributed by atoms with Crippen LogP contribution in [0.15, 0.2) is 85.1 Å². The minimum atomic E-state index is -1.69. The molecule has 0 spiro atoms. The molecule has 1 aliphatic rings. The van der Waals surface area contributed by atoms with E-state index in [0.29, 0.717) is 29.5 Å². The molecule has 466 valence electrons. The molecule has 27 nitrogen and oxygen atoms in total. The molecule has 86 heavy (non-hydrogen) atoms. The Bertz CT molecular complexity index is 3010. The number of aliphatic hydroxyl groups is 2. The number of likely N-dealkylation sites (N-methyl/N-ethyl adjacent to an activating group) is 1. The van der Waals surface area contributed by atoms with Gasteiger partial charge in [0.25, 0.3) is 0 Å². The highest BCUT2D eigenvalue weighted by molar-refractivity contribution is 7.99. The van der Waals surface area contributed by atoms with Crippen LogP contribution in [0.5, 0.6) is 5.75 Å². The van der Waals surface area contributed by atoms with E-state index in [0.717, 1.165) is 27.6 Å². The van der Waals surface area contributed by atoms with Gasteiger partial charge in [-0.25, -0.2) is 0 Å². The lowest BCUT2D eigenvalue weighted by atomic mass is 10.00. The number of thioether (sulfide) groups is 1. The Hall–Kier alpha value is -8.25. The lowest BCUT2D eigenvalue weighted by molar-refractivity contribution is -0.143. The van der Waals surface area contributed by atoms with Gasteiger partial charge in [-0.15, -0.1) is 0 Å². The highest BCUT2D eigenvalue weighted by Gasteiger charge is 2.39. The number of phenols is 1. The topological polar surface area (TPSA) is 428 Å². The van der Waals surface area contributed by atoms with Crippen LogP contribution in [0.2, 0.25) is 0 Å². The smallest absolute Gasteiger partial charge is 0.245 e. The summed E-state index contributed by atoms with van der Waals surface area (Å²) in [6, 6.07) is 10.0. The second kappa shape index (κ2) is 34.0. The summed E-state index contributed by atoms with van der Waals surface area (Å²) < 4.78 is 0. The third-order valence-electron chi connectivity index (χ3n) is 14.0. The summed E-state index contributed by atoms with van der Waals surface area (Å²) in [5.74, 6) is -10.0. The maximum atomic E-state index is 15.1. The molecule has 2 heterocycles. The highest BCUT2D eigenvalue weighted by atomic mass is 32.2. The monoisotopic (exact) mass is 1230 g/mol. The maximum Gasteiger partial charge on any atom is 0.245 e. The van der Waals surface area contributed by atoms with Crippen LogP contribution in [0.3, 0.4) is 0 Å². The average molecular weight is 1230 g/mol. The van der Waals surface area contributed by atoms with Gasteiger partial charge in [0.2, 0.25) is 65.0 Å². The fraction of sp³-hybridized carbons (Fsp3) is 0.456. The van der Waals surface area contributed by atoms with E-state index in [-0.39, 0.29) is 61.7 Å². The maximum absolute atomic E-state index is 15.1. The number of aromatic amines is 1. The van der Waals surface area contributed by atoms with Crippen molar-refractivity contribution in [2.24, 2.45) is 11.5 Å². The normalized spacial score (nSPS) is 20.5. The zero-order chi connectivity index (χ0) is 63.0. The third-order valence-corrected chi connectivity index (χ3v) is 15.3. The molecule has 1 aliphatic heterocycles. The number of para-hydroxylation sites is 1.